The monoisotopic (exact) mass is 332 g/mol. The highest BCUT2D eigenvalue weighted by Gasteiger charge is 2.55. The van der Waals surface area contributed by atoms with E-state index in [2.05, 4.69) is 27.7 Å². The number of aliphatic hydroxyl groups excluding tert-OH is 1. The molecular weight excluding hydrogens is 304 g/mol. The summed E-state index contributed by atoms with van der Waals surface area (Å²) in [6.07, 6.45) is 6.07. The van der Waals surface area contributed by atoms with Gasteiger partial charge in [0.1, 0.15) is 6.29 Å². The van der Waals surface area contributed by atoms with Crippen LogP contribution >= 0.6 is 0 Å². The first kappa shape index (κ1) is 17.4. The predicted molar refractivity (Wildman–Crippen MR) is 90.9 cm³/mol. The molecular formula is C20H28O4. The molecule has 0 radical (unpaired) electrons. The second-order valence-corrected chi connectivity index (χ2v) is 8.40. The molecule has 0 saturated heterocycles. The Labute approximate surface area is 144 Å². The molecule has 0 aromatic rings. The van der Waals surface area contributed by atoms with Crippen molar-refractivity contribution in [3.8, 4) is 0 Å². The molecule has 0 aromatic heterocycles. The number of hydrogen-bond acceptors (Lipinski definition) is 4. The lowest BCUT2D eigenvalue weighted by molar-refractivity contribution is -0.151. The van der Waals surface area contributed by atoms with Gasteiger partial charge in [-0.15, -0.1) is 0 Å². The maximum atomic E-state index is 11.5. The first-order valence-corrected chi connectivity index (χ1v) is 8.97. The molecule has 5 atom stereocenters. The van der Waals surface area contributed by atoms with Gasteiger partial charge < -0.3 is 9.84 Å². The Morgan fingerprint density at radius 2 is 2.12 bits per heavy atom. The molecule has 1 heterocycles. The van der Waals surface area contributed by atoms with Gasteiger partial charge in [-0.25, -0.2) is 4.79 Å². The first-order chi connectivity index (χ1) is 11.2. The standard InChI is InChI=1S/C20H28O4/c1-12-5-7-20(4)13(2)15(11-21)9-16(20)19(12,3)8-6-14-10-17(22)24-18(14)23/h10-12,16,18,23H,5-9H2,1-4H3/t12-,16-,18+,19+,20+/m1/s1. The molecule has 1 fully saturated rings. The molecule has 0 aromatic carbocycles. The summed E-state index contributed by atoms with van der Waals surface area (Å²) in [7, 11) is 0. The average molecular weight is 332 g/mol. The Bertz CT molecular complexity index is 632. The Kier molecular flexibility index (Phi) is 4.23. The minimum Gasteiger partial charge on any atom is -0.429 e. The van der Waals surface area contributed by atoms with Crippen LogP contribution in [0.5, 0.6) is 0 Å². The Morgan fingerprint density at radius 3 is 2.71 bits per heavy atom. The van der Waals surface area contributed by atoms with E-state index < -0.39 is 12.3 Å². The summed E-state index contributed by atoms with van der Waals surface area (Å²) in [5, 5.41) is 9.83. The first-order valence-electron chi connectivity index (χ1n) is 8.97. The number of fused-ring (bicyclic) bond motifs is 1. The van der Waals surface area contributed by atoms with Gasteiger partial charge >= 0.3 is 5.97 Å². The van der Waals surface area contributed by atoms with Gasteiger partial charge in [0.15, 0.2) is 0 Å². The van der Waals surface area contributed by atoms with Gasteiger partial charge in [-0.3, -0.25) is 4.79 Å². The summed E-state index contributed by atoms with van der Waals surface area (Å²) in [6.45, 7) is 9.06. The Morgan fingerprint density at radius 1 is 1.42 bits per heavy atom. The van der Waals surface area contributed by atoms with E-state index in [0.29, 0.717) is 23.8 Å². The fourth-order valence-corrected chi connectivity index (χ4v) is 5.35. The van der Waals surface area contributed by atoms with Crippen LogP contribution in [0.4, 0.5) is 0 Å². The summed E-state index contributed by atoms with van der Waals surface area (Å²) in [5.41, 5.74) is 3.08. The smallest absolute Gasteiger partial charge is 0.333 e. The molecule has 3 aliphatic rings. The van der Waals surface area contributed by atoms with E-state index in [-0.39, 0.29) is 10.8 Å². The number of rotatable bonds is 4. The highest BCUT2D eigenvalue weighted by molar-refractivity contribution is 5.85. The number of carbonyl (C=O) groups is 2. The number of aliphatic hydroxyl groups is 1. The largest absolute Gasteiger partial charge is 0.429 e. The molecule has 1 N–H and O–H groups in total. The number of hydrogen-bond donors (Lipinski definition) is 1. The quantitative estimate of drug-likeness (QED) is 0.632. The summed E-state index contributed by atoms with van der Waals surface area (Å²) in [5.74, 6) is 0.528. The zero-order valence-corrected chi connectivity index (χ0v) is 15.1. The van der Waals surface area contributed by atoms with Crippen molar-refractivity contribution in [2.75, 3.05) is 0 Å². The van der Waals surface area contributed by atoms with E-state index in [1.54, 1.807) is 0 Å². The highest BCUT2D eigenvalue weighted by Crippen LogP contribution is 2.64. The van der Waals surface area contributed by atoms with Gasteiger partial charge in [0.2, 0.25) is 6.29 Å². The summed E-state index contributed by atoms with van der Waals surface area (Å²) in [6, 6.07) is 0. The van der Waals surface area contributed by atoms with Gasteiger partial charge in [0.05, 0.1) is 0 Å². The molecule has 0 spiro atoms. The third-order valence-electron chi connectivity index (χ3n) is 7.49. The van der Waals surface area contributed by atoms with Crippen molar-refractivity contribution in [2.24, 2.45) is 22.7 Å². The summed E-state index contributed by atoms with van der Waals surface area (Å²) in [4.78, 5) is 22.8. The van der Waals surface area contributed by atoms with Crippen molar-refractivity contribution < 1.29 is 19.4 Å². The van der Waals surface area contributed by atoms with Crippen LogP contribution in [0.3, 0.4) is 0 Å². The van der Waals surface area contributed by atoms with Gasteiger partial charge in [-0.2, -0.15) is 0 Å². The van der Waals surface area contributed by atoms with Crippen LogP contribution in [-0.4, -0.2) is 23.7 Å². The van der Waals surface area contributed by atoms with Crippen LogP contribution < -0.4 is 0 Å². The lowest BCUT2D eigenvalue weighted by Crippen LogP contribution is -2.46. The van der Waals surface area contributed by atoms with Crippen LogP contribution in [0, 0.1) is 22.7 Å². The second kappa shape index (κ2) is 5.83. The average Bonchev–Trinajstić information content (AvgIpc) is 3.00. The van der Waals surface area contributed by atoms with Crippen molar-refractivity contribution >= 4 is 12.3 Å². The van der Waals surface area contributed by atoms with Crippen LogP contribution in [0.15, 0.2) is 22.8 Å². The molecule has 0 amide bonds. The minimum absolute atomic E-state index is 0.0746. The number of ether oxygens (including phenoxy) is 1. The SMILES string of the molecule is CC1=C(C=O)C[C@@H]2[C@@](C)(CCC3=CC(=O)O[C@@H]3O)[C@H](C)CC[C@@]12C. The van der Waals surface area contributed by atoms with E-state index >= 15 is 0 Å². The van der Waals surface area contributed by atoms with E-state index in [4.69, 9.17) is 4.74 Å². The zero-order valence-electron chi connectivity index (χ0n) is 15.1. The lowest BCUT2D eigenvalue weighted by Gasteiger charge is -2.54. The van der Waals surface area contributed by atoms with E-state index in [1.807, 2.05) is 0 Å². The highest BCUT2D eigenvalue weighted by atomic mass is 16.6. The van der Waals surface area contributed by atoms with Crippen LogP contribution in [0.25, 0.3) is 0 Å². The molecule has 4 heteroatoms. The molecule has 4 nitrogen and oxygen atoms in total. The number of aldehydes is 1. The summed E-state index contributed by atoms with van der Waals surface area (Å²) >= 11 is 0. The second-order valence-electron chi connectivity index (χ2n) is 8.40. The van der Waals surface area contributed by atoms with Crippen molar-refractivity contribution in [1.82, 2.24) is 0 Å². The van der Waals surface area contributed by atoms with Crippen molar-refractivity contribution in [3.05, 3.63) is 22.8 Å². The molecule has 1 saturated carbocycles. The minimum atomic E-state index is -1.08. The van der Waals surface area contributed by atoms with Gasteiger partial charge in [0.25, 0.3) is 0 Å². The van der Waals surface area contributed by atoms with Crippen molar-refractivity contribution in [2.45, 2.75) is 66.1 Å². The molecule has 132 valence electrons. The normalized spacial score (nSPS) is 42.0. The Hall–Kier alpha value is -1.42. The Balaban J connectivity index is 1.84. The number of allylic oxidation sites excluding steroid dienone is 2. The van der Waals surface area contributed by atoms with E-state index in [1.165, 1.54) is 11.6 Å². The third-order valence-corrected chi connectivity index (χ3v) is 7.49. The maximum Gasteiger partial charge on any atom is 0.333 e. The summed E-state index contributed by atoms with van der Waals surface area (Å²) < 4.78 is 4.80. The van der Waals surface area contributed by atoms with Gasteiger partial charge in [-0.05, 0) is 67.3 Å². The van der Waals surface area contributed by atoms with Crippen molar-refractivity contribution in [3.63, 3.8) is 0 Å². The molecule has 24 heavy (non-hydrogen) atoms. The number of esters is 1. The molecule has 2 aliphatic carbocycles. The number of cyclic esters (lactones) is 1. The van der Waals surface area contributed by atoms with Crippen LogP contribution in [-0.2, 0) is 14.3 Å². The molecule has 1 aliphatic heterocycles. The predicted octanol–water partition coefficient (Wildman–Crippen LogP) is 3.55. The van der Waals surface area contributed by atoms with Crippen molar-refractivity contribution in [1.29, 1.82) is 0 Å². The van der Waals surface area contributed by atoms with Gasteiger partial charge in [0, 0.05) is 11.6 Å². The fraction of sp³-hybridized carbons (Fsp3) is 0.700. The van der Waals surface area contributed by atoms with E-state index in [0.717, 1.165) is 37.5 Å². The van der Waals surface area contributed by atoms with Crippen LogP contribution in [0.2, 0.25) is 0 Å². The van der Waals surface area contributed by atoms with Crippen LogP contribution in [0.1, 0.15) is 59.8 Å². The number of carbonyl (C=O) groups excluding carboxylic acids is 2. The van der Waals surface area contributed by atoms with Gasteiger partial charge in [-0.1, -0.05) is 26.3 Å². The molecule has 3 rings (SSSR count). The fourth-order valence-electron chi connectivity index (χ4n) is 5.35. The lowest BCUT2D eigenvalue weighted by atomic mass is 9.50. The maximum absolute atomic E-state index is 11.5. The third kappa shape index (κ3) is 2.46. The topological polar surface area (TPSA) is 63.6 Å². The molecule has 0 unspecified atom stereocenters. The zero-order chi connectivity index (χ0) is 17.7. The molecule has 0 bridgehead atoms. The van der Waals surface area contributed by atoms with E-state index in [9.17, 15) is 14.7 Å².